The normalized spacial score (nSPS) is 23.5. The predicted molar refractivity (Wildman–Crippen MR) is 397 cm³/mol. The number of ether oxygens (including phenoxy) is 5. The molecule has 30 nitrogen and oxygen atoms in total. The summed E-state index contributed by atoms with van der Waals surface area (Å²) in [4.78, 5) is 139. The maximum atomic E-state index is 15.8. The number of aromatic nitrogens is 7. The van der Waals surface area contributed by atoms with Gasteiger partial charge in [0.05, 0.1) is 59.8 Å². The van der Waals surface area contributed by atoms with E-state index in [1.807, 2.05) is 12.3 Å². The number of aromatic amines is 1. The fourth-order valence-corrected chi connectivity index (χ4v) is 24.3. The fraction of sp³-hybridized carbons (Fsp3) is 0.447. The molecule has 108 heavy (non-hydrogen) atoms. The number of nitrogens with two attached hydrogens (primary N) is 1. The Bertz CT molecular complexity index is 4660. The van der Waals surface area contributed by atoms with Crippen LogP contribution in [0.2, 0.25) is 32.2 Å². The summed E-state index contributed by atoms with van der Waals surface area (Å²) >= 11 is 0. The molecule has 0 radical (unpaired) electrons. The third-order valence-electron chi connectivity index (χ3n) is 21.0. The van der Waals surface area contributed by atoms with Crippen molar-refractivity contribution in [3.05, 3.63) is 182 Å². The monoisotopic (exact) mass is 1520 g/mol. The molecule has 3 amide bonds. The van der Waals surface area contributed by atoms with Crippen molar-refractivity contribution in [3.8, 4) is 0 Å². The van der Waals surface area contributed by atoms with Crippen LogP contribution >= 0.6 is 0 Å². The number of H-pyrrole nitrogens is 1. The lowest BCUT2D eigenvalue weighted by molar-refractivity contribution is -0.346. The number of fused-ring (bicyclic) bond motifs is 6. The molecule has 3 aliphatic carbocycles. The van der Waals surface area contributed by atoms with Crippen molar-refractivity contribution in [2.24, 2.45) is 16.7 Å². The summed E-state index contributed by atoms with van der Waals surface area (Å²) < 4.78 is 39.6. The minimum atomic E-state index is -2.52. The maximum Gasteiger partial charge on any atom is 0.338 e. The van der Waals surface area contributed by atoms with Crippen LogP contribution in [-0.2, 0) is 77.3 Å². The number of esters is 4. The summed E-state index contributed by atoms with van der Waals surface area (Å²) in [5.41, 5.74) is 1.05. The summed E-state index contributed by atoms with van der Waals surface area (Å²) in [5.74, 6) is -7.59. The highest BCUT2D eigenvalue weighted by Crippen LogP contribution is 2.64. The molecule has 11 atom stereocenters. The van der Waals surface area contributed by atoms with Crippen LogP contribution in [0.4, 0.5) is 11.6 Å². The number of aliphatic hydroxyl groups excluding tert-OH is 2. The molecule has 2 saturated carbocycles. The van der Waals surface area contributed by atoms with E-state index in [1.165, 1.54) is 32.2 Å². The number of Topliss-reactive ketones (excluding diaryl/α,β-unsaturated/α-hetero) is 1. The van der Waals surface area contributed by atoms with Crippen LogP contribution in [0.5, 0.6) is 0 Å². The number of rotatable bonds is 28. The maximum absolute atomic E-state index is 15.8. The number of aryl methyl sites for hydroxylation is 1. The van der Waals surface area contributed by atoms with Gasteiger partial charge in [0.1, 0.15) is 23.9 Å². The number of nitrogens with zero attached hydrogens (tertiary/aromatic N) is 6. The number of aliphatic hydroxyl groups is 3. The van der Waals surface area contributed by atoms with Gasteiger partial charge in [-0.15, -0.1) is 5.10 Å². The number of ketones is 1. The number of benzene rings is 4. The van der Waals surface area contributed by atoms with Crippen molar-refractivity contribution >= 4 is 86.8 Å². The minimum Gasteiger partial charge on any atom is -0.456 e. The molecule has 32 heteroatoms. The van der Waals surface area contributed by atoms with Gasteiger partial charge in [-0.2, -0.15) is 4.98 Å². The SMILES string of the molecule is CC(=O)O[C@@H]1C(=O)[C@@]2(C)[C@H](O)C[C@@H]3OC[C@]3(OC(C)=O)[C@@H]2[C@@H](OC(=O)c2ccccc2)[C@@]2(O)CC(OC(=O)[C@@H](O)[C@H](NC(=O)c3cccc(C[Si](C)(C)O[Si](C)(C)CCn4cc(CCNC(=O)CCCNC(=O)c5ccc(NCc6cnc7nc(N)[nH]c(=O)c7n6)cc5)nn4)c3)c3ccccc3)C(C)=C1C2(C)C. The Morgan fingerprint density at radius 1 is 0.815 bits per heavy atom. The summed E-state index contributed by atoms with van der Waals surface area (Å²) in [6, 6.07) is 29.7. The first-order chi connectivity index (χ1) is 51.1. The number of carbonyl (C=O) groups excluding carboxylic acids is 8. The van der Waals surface area contributed by atoms with Crippen molar-refractivity contribution in [3.63, 3.8) is 0 Å². The molecule has 4 aromatic carbocycles. The molecule has 1 unspecified atom stereocenters. The van der Waals surface area contributed by atoms with Gasteiger partial charge in [0, 0.05) is 87.6 Å². The Morgan fingerprint density at radius 3 is 2.20 bits per heavy atom. The van der Waals surface area contributed by atoms with Gasteiger partial charge in [-0.05, 0) is 129 Å². The highest BCUT2D eigenvalue weighted by molar-refractivity contribution is 6.84. The van der Waals surface area contributed by atoms with E-state index >= 15 is 4.79 Å². The van der Waals surface area contributed by atoms with Crippen LogP contribution in [0, 0.1) is 16.7 Å². The number of hydrogen-bond donors (Lipinski definition) is 9. The van der Waals surface area contributed by atoms with Gasteiger partial charge in [-0.3, -0.25) is 43.2 Å². The molecule has 7 aromatic rings. The van der Waals surface area contributed by atoms with E-state index in [9.17, 15) is 53.7 Å². The Labute approximate surface area is 624 Å². The lowest BCUT2D eigenvalue weighted by Crippen LogP contribution is -2.82. The molecule has 572 valence electrons. The quantitative estimate of drug-likeness (QED) is 0.00943. The van der Waals surface area contributed by atoms with Crippen molar-refractivity contribution in [1.82, 2.24) is 50.9 Å². The van der Waals surface area contributed by atoms with Crippen LogP contribution in [-0.4, -0.2) is 182 Å². The lowest BCUT2D eigenvalue weighted by atomic mass is 9.44. The molecule has 4 aliphatic rings. The first kappa shape index (κ1) is 78.8. The summed E-state index contributed by atoms with van der Waals surface area (Å²) in [5, 5.41) is 59.1. The van der Waals surface area contributed by atoms with Crippen molar-refractivity contribution in [1.29, 1.82) is 0 Å². The van der Waals surface area contributed by atoms with Crippen LogP contribution < -0.4 is 32.6 Å². The Morgan fingerprint density at radius 2 is 1.52 bits per heavy atom. The van der Waals surface area contributed by atoms with Crippen LogP contribution in [0.15, 0.2) is 138 Å². The van der Waals surface area contributed by atoms with Crippen LogP contribution in [0.3, 0.4) is 0 Å². The number of anilines is 2. The summed E-state index contributed by atoms with van der Waals surface area (Å²) in [6.45, 7) is 17.8. The molecule has 4 heterocycles. The van der Waals surface area contributed by atoms with E-state index in [1.54, 1.807) is 110 Å². The largest absolute Gasteiger partial charge is 0.456 e. The molecule has 10 N–H and O–H groups in total. The second-order valence-electron chi connectivity index (χ2n) is 30.1. The van der Waals surface area contributed by atoms with Gasteiger partial charge in [0.25, 0.3) is 17.4 Å². The molecule has 3 fully saturated rings. The van der Waals surface area contributed by atoms with E-state index in [4.69, 9.17) is 33.5 Å². The minimum absolute atomic E-state index is 0.0354. The fourth-order valence-electron chi connectivity index (χ4n) is 15.6. The first-order valence-electron chi connectivity index (χ1n) is 35.8. The number of amides is 3. The molecule has 2 bridgehead atoms. The summed E-state index contributed by atoms with van der Waals surface area (Å²) in [7, 11) is -4.90. The van der Waals surface area contributed by atoms with Crippen molar-refractivity contribution < 1.29 is 81.5 Å². The van der Waals surface area contributed by atoms with Gasteiger partial charge < -0.3 is 70.1 Å². The predicted octanol–water partition coefficient (Wildman–Crippen LogP) is 5.63. The Balaban J connectivity index is 0.691. The van der Waals surface area contributed by atoms with Crippen molar-refractivity contribution in [2.45, 2.75) is 179 Å². The van der Waals surface area contributed by atoms with E-state index in [0.717, 1.165) is 19.4 Å². The number of nitrogen functional groups attached to an aromatic ring is 1. The lowest BCUT2D eigenvalue weighted by Gasteiger charge is -2.67. The van der Waals surface area contributed by atoms with E-state index in [2.05, 4.69) is 77.7 Å². The van der Waals surface area contributed by atoms with Gasteiger partial charge in [-0.1, -0.05) is 79.7 Å². The highest BCUT2D eigenvalue weighted by atomic mass is 28.4. The Kier molecular flexibility index (Phi) is 23.3. The molecule has 1 aliphatic heterocycles. The standard InChI is InChI=1S/C76H92N12O18Si2/c1-43-54(37-76(100)65(104-70(98)49-22-15-12-16-23-49)63-74(6,55(91)36-56-75(63,42-101-56)105-45(3)90)64(94)62(102-44(2)89)58(43)73(76,4)5)103-71(99)61(93)59(47-20-13-11-14-21-47)83-68(96)50-24-17-19-46(35-50)41-108(9,10)106-107(7,8)34-33-88-40-52(86-87-88)30-32-78-57(92)25-18-31-79-67(95)48-26-28-51(29-27-48)80-38-53-39-81-66-60(82-53)69(97)85-72(77)84-66/h11-17,19-24,26-29,35,39-40,54-56,59,61-63,65,80,91,93,100H,18,25,30-34,36-38,41-42H2,1-10H3,(H,78,92)(H,79,95)(H,83,96)(H3,77,81,84,85,97)/t54?,55-,56+,59-,61+,62+,63-,65-,74+,75-,76+/m1/s1. The Hall–Kier alpha value is -10.2. The number of hydrogen-bond acceptors (Lipinski definition) is 25. The molecule has 0 spiro atoms. The van der Waals surface area contributed by atoms with Crippen LogP contribution in [0.25, 0.3) is 11.2 Å². The molecule has 1 saturated heterocycles. The zero-order chi connectivity index (χ0) is 77.8. The molecule has 3 aromatic heterocycles. The van der Waals surface area contributed by atoms with E-state index in [-0.39, 0.29) is 83.7 Å². The number of nitrogens with one attached hydrogen (secondary N) is 5. The van der Waals surface area contributed by atoms with Gasteiger partial charge in [0.2, 0.25) is 11.9 Å². The second-order valence-corrected chi connectivity index (χ2v) is 38.8. The molecular formula is C76H92N12O18Si2. The van der Waals surface area contributed by atoms with E-state index < -0.39 is 135 Å². The smallest absolute Gasteiger partial charge is 0.338 e. The summed E-state index contributed by atoms with van der Waals surface area (Å²) in [6.07, 6.45) is -6.54. The van der Waals surface area contributed by atoms with Crippen LogP contribution in [0.1, 0.15) is 127 Å². The topological polar surface area (TPSA) is 429 Å². The average Bonchev–Trinajstić information content (AvgIpc) is 0.716. The van der Waals surface area contributed by atoms with Gasteiger partial charge in [-0.25, -0.2) is 19.6 Å². The second kappa shape index (κ2) is 31.9. The highest BCUT2D eigenvalue weighted by Gasteiger charge is 2.78. The third kappa shape index (κ3) is 16.9. The zero-order valence-electron chi connectivity index (χ0n) is 61.9. The first-order valence-corrected chi connectivity index (χ1v) is 42.1. The molecule has 11 rings (SSSR count). The average molecular weight is 1520 g/mol. The molecular weight excluding hydrogens is 1430 g/mol. The van der Waals surface area contributed by atoms with Gasteiger partial charge >= 0.3 is 23.9 Å². The zero-order valence-corrected chi connectivity index (χ0v) is 63.9. The van der Waals surface area contributed by atoms with Gasteiger partial charge in [0.15, 0.2) is 51.4 Å². The van der Waals surface area contributed by atoms with Crippen molar-refractivity contribution in [2.75, 3.05) is 30.7 Å². The number of carbonyl (C=O) groups is 8. The van der Waals surface area contributed by atoms with E-state index in [0.29, 0.717) is 66.2 Å². The third-order valence-corrected chi connectivity index (χ3v) is 28.1.